The number of aryl methyl sites for hydroxylation is 2. The van der Waals surface area contributed by atoms with E-state index in [-0.39, 0.29) is 5.91 Å². The number of hydrogen-bond donors (Lipinski definition) is 1. The summed E-state index contributed by atoms with van der Waals surface area (Å²) < 4.78 is 0. The van der Waals surface area contributed by atoms with Gasteiger partial charge >= 0.3 is 0 Å². The fourth-order valence-corrected chi connectivity index (χ4v) is 2.71. The molecular weight excluding hydrogens is 296 g/mol. The Morgan fingerprint density at radius 3 is 2.38 bits per heavy atom. The van der Waals surface area contributed by atoms with E-state index < -0.39 is 0 Å². The zero-order chi connectivity index (χ0) is 16.9. The largest absolute Gasteiger partial charge is 0.322 e. The molecule has 0 bridgehead atoms. The Hall–Kier alpha value is -2.94. The number of amides is 1. The van der Waals surface area contributed by atoms with Gasteiger partial charge in [0, 0.05) is 11.3 Å². The first kappa shape index (κ1) is 15.9. The average Bonchev–Trinajstić information content (AvgIpc) is 2.62. The minimum Gasteiger partial charge on any atom is -0.322 e. The molecule has 3 rings (SSSR count). The van der Waals surface area contributed by atoms with Crippen LogP contribution in [0.1, 0.15) is 28.5 Å². The Balaban J connectivity index is 1.86. The van der Waals surface area contributed by atoms with Crippen LogP contribution in [0.15, 0.2) is 66.7 Å². The Morgan fingerprint density at radius 2 is 1.67 bits per heavy atom. The van der Waals surface area contributed by atoms with Crippen LogP contribution in [0.5, 0.6) is 0 Å². The van der Waals surface area contributed by atoms with Crippen molar-refractivity contribution in [3.05, 3.63) is 83.6 Å². The van der Waals surface area contributed by atoms with Crippen molar-refractivity contribution < 1.29 is 4.79 Å². The number of nitrogens with one attached hydrogen (secondary N) is 1. The summed E-state index contributed by atoms with van der Waals surface area (Å²) in [5, 5.41) is 3.00. The van der Waals surface area contributed by atoms with E-state index in [9.17, 15) is 4.79 Å². The van der Waals surface area contributed by atoms with Crippen LogP contribution in [-0.4, -0.2) is 10.9 Å². The number of hydrogen-bond acceptors (Lipinski definition) is 2. The van der Waals surface area contributed by atoms with Gasteiger partial charge in [-0.15, -0.1) is 0 Å². The van der Waals surface area contributed by atoms with Crippen LogP contribution < -0.4 is 5.32 Å². The topological polar surface area (TPSA) is 42.0 Å². The summed E-state index contributed by atoms with van der Waals surface area (Å²) >= 11 is 0. The molecule has 0 atom stereocenters. The van der Waals surface area contributed by atoms with Gasteiger partial charge in [0.1, 0.15) is 0 Å². The third-order valence-electron chi connectivity index (χ3n) is 4.05. The molecule has 3 heteroatoms. The molecule has 24 heavy (non-hydrogen) atoms. The number of benzene rings is 2. The molecule has 0 spiro atoms. The second-order valence-corrected chi connectivity index (χ2v) is 5.66. The van der Waals surface area contributed by atoms with Gasteiger partial charge in [0.05, 0.1) is 17.0 Å². The molecule has 0 fully saturated rings. The number of carbonyl (C=O) groups excluding carboxylic acids is 1. The molecule has 1 amide bonds. The second-order valence-electron chi connectivity index (χ2n) is 5.66. The lowest BCUT2D eigenvalue weighted by atomic mass is 10.1. The van der Waals surface area contributed by atoms with Gasteiger partial charge in [-0.05, 0) is 37.1 Å². The first-order valence-corrected chi connectivity index (χ1v) is 8.11. The van der Waals surface area contributed by atoms with Gasteiger partial charge in [0.2, 0.25) is 0 Å². The fourth-order valence-electron chi connectivity index (χ4n) is 2.71. The number of para-hydroxylation sites is 1. The van der Waals surface area contributed by atoms with Crippen molar-refractivity contribution in [2.24, 2.45) is 0 Å². The molecule has 1 N–H and O–H groups in total. The molecule has 0 saturated carbocycles. The summed E-state index contributed by atoms with van der Waals surface area (Å²) in [6.45, 7) is 3.94. The molecule has 1 aromatic heterocycles. The van der Waals surface area contributed by atoms with Gasteiger partial charge in [0.25, 0.3) is 5.91 Å². The molecule has 0 saturated heterocycles. The number of pyridine rings is 1. The van der Waals surface area contributed by atoms with Gasteiger partial charge in [-0.1, -0.05) is 55.5 Å². The van der Waals surface area contributed by atoms with E-state index in [1.54, 1.807) is 0 Å². The van der Waals surface area contributed by atoms with Gasteiger partial charge in [0.15, 0.2) is 0 Å². The molecule has 0 radical (unpaired) electrons. The molecule has 0 aliphatic rings. The van der Waals surface area contributed by atoms with Crippen LogP contribution in [0.3, 0.4) is 0 Å². The quantitative estimate of drug-likeness (QED) is 0.746. The van der Waals surface area contributed by atoms with Gasteiger partial charge in [-0.2, -0.15) is 0 Å². The van der Waals surface area contributed by atoms with E-state index in [1.807, 2.05) is 73.7 Å². The first-order valence-electron chi connectivity index (χ1n) is 8.11. The molecular formula is C21H20N2O. The Kier molecular flexibility index (Phi) is 4.71. The minimum absolute atomic E-state index is 0.125. The highest BCUT2D eigenvalue weighted by Crippen LogP contribution is 2.21. The number of rotatable bonds is 4. The highest BCUT2D eigenvalue weighted by Gasteiger charge is 2.13. The maximum absolute atomic E-state index is 12.6. The summed E-state index contributed by atoms with van der Waals surface area (Å²) in [4.78, 5) is 17.2. The smallest absolute Gasteiger partial charge is 0.257 e. The summed E-state index contributed by atoms with van der Waals surface area (Å²) in [6.07, 6.45) is 0.876. The lowest BCUT2D eigenvalue weighted by Crippen LogP contribution is -2.15. The van der Waals surface area contributed by atoms with Gasteiger partial charge in [-0.25, -0.2) is 0 Å². The normalized spacial score (nSPS) is 10.4. The monoisotopic (exact) mass is 316 g/mol. The van der Waals surface area contributed by atoms with Crippen LogP contribution in [0.2, 0.25) is 0 Å². The highest BCUT2D eigenvalue weighted by molar-refractivity contribution is 6.05. The van der Waals surface area contributed by atoms with Crippen molar-refractivity contribution >= 4 is 11.6 Å². The standard InChI is InChI=1S/C21H20N2O/c1-3-16-9-7-8-12-19(16)23-21(24)18-13-14-20(22-15(18)2)17-10-5-4-6-11-17/h4-14H,3H2,1-2H3,(H,23,24). The van der Waals surface area contributed by atoms with Crippen LogP contribution in [-0.2, 0) is 6.42 Å². The lowest BCUT2D eigenvalue weighted by Gasteiger charge is -2.11. The molecule has 0 unspecified atom stereocenters. The van der Waals surface area contributed by atoms with Crippen LogP contribution in [0, 0.1) is 6.92 Å². The van der Waals surface area contributed by atoms with Crippen LogP contribution >= 0.6 is 0 Å². The Labute approximate surface area is 142 Å². The zero-order valence-electron chi connectivity index (χ0n) is 13.9. The van der Waals surface area contributed by atoms with E-state index in [4.69, 9.17) is 0 Å². The van der Waals surface area contributed by atoms with E-state index in [1.165, 1.54) is 0 Å². The van der Waals surface area contributed by atoms with Crippen molar-refractivity contribution in [1.82, 2.24) is 4.98 Å². The van der Waals surface area contributed by atoms with E-state index >= 15 is 0 Å². The van der Waals surface area contributed by atoms with E-state index in [2.05, 4.69) is 17.2 Å². The van der Waals surface area contributed by atoms with Crippen molar-refractivity contribution in [3.63, 3.8) is 0 Å². The molecule has 0 aliphatic carbocycles. The zero-order valence-corrected chi connectivity index (χ0v) is 13.9. The maximum atomic E-state index is 12.6. The number of carbonyl (C=O) groups is 1. The first-order chi connectivity index (χ1) is 11.7. The molecule has 2 aromatic carbocycles. The van der Waals surface area contributed by atoms with Crippen molar-refractivity contribution in [2.75, 3.05) is 5.32 Å². The molecule has 1 heterocycles. The van der Waals surface area contributed by atoms with Gasteiger partial charge in [-0.3, -0.25) is 9.78 Å². The molecule has 3 aromatic rings. The lowest BCUT2D eigenvalue weighted by molar-refractivity contribution is 0.102. The van der Waals surface area contributed by atoms with E-state index in [0.29, 0.717) is 5.56 Å². The summed E-state index contributed by atoms with van der Waals surface area (Å²) in [6, 6.07) is 21.6. The maximum Gasteiger partial charge on any atom is 0.257 e. The minimum atomic E-state index is -0.125. The molecule has 3 nitrogen and oxygen atoms in total. The van der Waals surface area contributed by atoms with E-state index in [0.717, 1.165) is 34.6 Å². The van der Waals surface area contributed by atoms with Crippen molar-refractivity contribution in [2.45, 2.75) is 20.3 Å². The summed E-state index contributed by atoms with van der Waals surface area (Å²) in [5.74, 6) is -0.125. The second kappa shape index (κ2) is 7.09. The predicted molar refractivity (Wildman–Crippen MR) is 98.2 cm³/mol. The number of nitrogens with zero attached hydrogens (tertiary/aromatic N) is 1. The number of aromatic nitrogens is 1. The average molecular weight is 316 g/mol. The van der Waals surface area contributed by atoms with Crippen LogP contribution in [0.25, 0.3) is 11.3 Å². The summed E-state index contributed by atoms with van der Waals surface area (Å²) in [7, 11) is 0. The van der Waals surface area contributed by atoms with Crippen molar-refractivity contribution in [1.29, 1.82) is 0 Å². The van der Waals surface area contributed by atoms with Crippen molar-refractivity contribution in [3.8, 4) is 11.3 Å². The Morgan fingerprint density at radius 1 is 0.958 bits per heavy atom. The summed E-state index contributed by atoms with van der Waals surface area (Å²) in [5.41, 5.74) is 5.22. The fraction of sp³-hybridized carbons (Fsp3) is 0.143. The predicted octanol–water partition coefficient (Wildman–Crippen LogP) is 4.87. The third-order valence-corrected chi connectivity index (χ3v) is 4.05. The molecule has 120 valence electrons. The number of anilines is 1. The highest BCUT2D eigenvalue weighted by atomic mass is 16.1. The molecule has 0 aliphatic heterocycles. The van der Waals surface area contributed by atoms with Gasteiger partial charge < -0.3 is 5.32 Å². The SMILES string of the molecule is CCc1ccccc1NC(=O)c1ccc(-c2ccccc2)nc1C. The third kappa shape index (κ3) is 3.35. The Bertz CT molecular complexity index is 857. The van der Waals surface area contributed by atoms with Crippen LogP contribution in [0.4, 0.5) is 5.69 Å².